The van der Waals surface area contributed by atoms with E-state index in [0.29, 0.717) is 6.10 Å². The van der Waals surface area contributed by atoms with Gasteiger partial charge in [0.2, 0.25) is 0 Å². The lowest BCUT2D eigenvalue weighted by atomic mass is 10.1. The van der Waals surface area contributed by atoms with Gasteiger partial charge in [0, 0.05) is 30.6 Å². The van der Waals surface area contributed by atoms with Gasteiger partial charge in [0.05, 0.1) is 19.3 Å². The van der Waals surface area contributed by atoms with Crippen LogP contribution in [0, 0.1) is 0 Å². The van der Waals surface area contributed by atoms with Crippen LogP contribution in [0.25, 0.3) is 11.0 Å². The second-order valence-corrected chi connectivity index (χ2v) is 5.70. The molecule has 4 nitrogen and oxygen atoms in total. The molecule has 0 spiro atoms. The van der Waals surface area contributed by atoms with Gasteiger partial charge in [0.25, 0.3) is 0 Å². The number of fused-ring (bicyclic) bond motifs is 1. The zero-order valence-corrected chi connectivity index (χ0v) is 12.9. The second kappa shape index (κ2) is 6.60. The molecule has 0 radical (unpaired) electrons. The lowest BCUT2D eigenvalue weighted by Gasteiger charge is -2.30. The molecule has 3 rings (SSSR count). The minimum absolute atomic E-state index is 0.306. The van der Waals surface area contributed by atoms with E-state index < -0.39 is 0 Å². The van der Waals surface area contributed by atoms with Gasteiger partial charge in [-0.05, 0) is 19.5 Å². The second-order valence-electron chi connectivity index (χ2n) is 5.70. The van der Waals surface area contributed by atoms with E-state index in [1.807, 2.05) is 6.07 Å². The van der Waals surface area contributed by atoms with Crippen molar-refractivity contribution in [3.63, 3.8) is 0 Å². The van der Waals surface area contributed by atoms with Gasteiger partial charge in [-0.15, -0.1) is 0 Å². The summed E-state index contributed by atoms with van der Waals surface area (Å²) in [5.74, 6) is 1.09. The molecule has 1 aromatic carbocycles. The van der Waals surface area contributed by atoms with Gasteiger partial charge in [-0.1, -0.05) is 25.1 Å². The highest BCUT2D eigenvalue weighted by Crippen LogP contribution is 2.27. The zero-order valence-electron chi connectivity index (χ0n) is 12.9. The van der Waals surface area contributed by atoms with Crippen LogP contribution in [0.3, 0.4) is 0 Å². The molecule has 1 aliphatic heterocycles. The third-order valence-electron chi connectivity index (χ3n) is 4.03. The first-order valence-corrected chi connectivity index (χ1v) is 7.82. The van der Waals surface area contributed by atoms with Crippen LogP contribution in [0.15, 0.2) is 28.7 Å². The Morgan fingerprint density at radius 3 is 3.00 bits per heavy atom. The van der Waals surface area contributed by atoms with Crippen molar-refractivity contribution in [2.45, 2.75) is 33.0 Å². The molecule has 2 aromatic rings. The first-order valence-electron chi connectivity index (χ1n) is 7.82. The molecule has 1 aromatic heterocycles. The van der Waals surface area contributed by atoms with Crippen molar-refractivity contribution in [3.8, 4) is 0 Å². The number of morpholine rings is 1. The van der Waals surface area contributed by atoms with Gasteiger partial charge in [-0.2, -0.15) is 0 Å². The molecule has 1 unspecified atom stereocenters. The van der Waals surface area contributed by atoms with Gasteiger partial charge in [0.15, 0.2) is 0 Å². The van der Waals surface area contributed by atoms with Gasteiger partial charge >= 0.3 is 0 Å². The number of hydrogen-bond acceptors (Lipinski definition) is 4. The molecule has 0 aliphatic carbocycles. The number of nitrogens with one attached hydrogen (secondary N) is 1. The molecule has 1 aliphatic rings. The monoisotopic (exact) mass is 288 g/mol. The summed E-state index contributed by atoms with van der Waals surface area (Å²) < 4.78 is 11.7. The van der Waals surface area contributed by atoms with Crippen LogP contribution in [0.4, 0.5) is 0 Å². The van der Waals surface area contributed by atoms with Crippen LogP contribution in [0.1, 0.15) is 25.2 Å². The molecular weight excluding hydrogens is 264 g/mol. The normalized spacial score (nSPS) is 20.2. The Balaban J connectivity index is 1.85. The Morgan fingerprint density at radius 2 is 2.19 bits per heavy atom. The van der Waals surface area contributed by atoms with Crippen LogP contribution in [0.5, 0.6) is 0 Å². The molecule has 21 heavy (non-hydrogen) atoms. The van der Waals surface area contributed by atoms with E-state index in [9.17, 15) is 0 Å². The van der Waals surface area contributed by atoms with Gasteiger partial charge in [-0.3, -0.25) is 4.90 Å². The van der Waals surface area contributed by atoms with Crippen LogP contribution in [-0.4, -0.2) is 37.2 Å². The Hall–Kier alpha value is -1.36. The van der Waals surface area contributed by atoms with Crippen LogP contribution < -0.4 is 5.32 Å². The van der Waals surface area contributed by atoms with Crippen molar-refractivity contribution < 1.29 is 9.15 Å². The van der Waals surface area contributed by atoms with Crippen molar-refractivity contribution in [2.24, 2.45) is 0 Å². The lowest BCUT2D eigenvalue weighted by molar-refractivity contribution is -0.0230. The van der Waals surface area contributed by atoms with Gasteiger partial charge < -0.3 is 14.5 Å². The summed E-state index contributed by atoms with van der Waals surface area (Å²) in [5, 5.41) is 4.66. The molecule has 0 bridgehead atoms. The highest BCUT2D eigenvalue weighted by Gasteiger charge is 2.21. The van der Waals surface area contributed by atoms with E-state index in [0.717, 1.165) is 50.7 Å². The lowest BCUT2D eigenvalue weighted by Crippen LogP contribution is -2.40. The average Bonchev–Trinajstić information content (AvgIpc) is 2.82. The minimum atomic E-state index is 0.306. The minimum Gasteiger partial charge on any atom is -0.459 e. The Morgan fingerprint density at radius 1 is 1.33 bits per heavy atom. The number of ether oxygens (including phenoxy) is 1. The Kier molecular flexibility index (Phi) is 4.58. The van der Waals surface area contributed by atoms with E-state index in [1.165, 1.54) is 10.9 Å². The maximum atomic E-state index is 6.11. The summed E-state index contributed by atoms with van der Waals surface area (Å²) in [4.78, 5) is 2.42. The standard InChI is InChI=1S/C17H24N2O2/c1-3-18-10-15-14-6-4-5-7-16(14)21-17(15)12-19-8-9-20-13(2)11-19/h4-7,13,18H,3,8-12H2,1-2H3. The fourth-order valence-electron chi connectivity index (χ4n) is 2.96. The maximum Gasteiger partial charge on any atom is 0.134 e. The highest BCUT2D eigenvalue weighted by molar-refractivity contribution is 5.82. The number of hydrogen-bond donors (Lipinski definition) is 1. The quantitative estimate of drug-likeness (QED) is 0.918. The molecule has 1 N–H and O–H groups in total. The summed E-state index contributed by atoms with van der Waals surface area (Å²) in [5.41, 5.74) is 2.29. The molecule has 0 saturated carbocycles. The van der Waals surface area contributed by atoms with Crippen molar-refractivity contribution in [2.75, 3.05) is 26.2 Å². The predicted octanol–water partition coefficient (Wildman–Crippen LogP) is 2.76. The first kappa shape index (κ1) is 14.6. The van der Waals surface area contributed by atoms with E-state index in [4.69, 9.17) is 9.15 Å². The Bertz CT molecular complexity index is 593. The number of nitrogens with zero attached hydrogens (tertiary/aromatic N) is 1. The van der Waals surface area contributed by atoms with E-state index in [2.05, 4.69) is 42.3 Å². The molecule has 2 heterocycles. The third-order valence-corrected chi connectivity index (χ3v) is 4.03. The van der Waals surface area contributed by atoms with Crippen LogP contribution in [0.2, 0.25) is 0 Å². The van der Waals surface area contributed by atoms with Crippen molar-refractivity contribution in [3.05, 3.63) is 35.6 Å². The average molecular weight is 288 g/mol. The molecular formula is C17H24N2O2. The number of furan rings is 1. The Labute approximate surface area is 126 Å². The number of rotatable bonds is 5. The van der Waals surface area contributed by atoms with Crippen molar-refractivity contribution >= 4 is 11.0 Å². The maximum absolute atomic E-state index is 6.11. The fraction of sp³-hybridized carbons (Fsp3) is 0.529. The SMILES string of the molecule is CCNCc1c(CN2CCOC(C)C2)oc2ccccc12. The van der Waals surface area contributed by atoms with Crippen molar-refractivity contribution in [1.29, 1.82) is 0 Å². The summed E-state index contributed by atoms with van der Waals surface area (Å²) in [7, 11) is 0. The summed E-state index contributed by atoms with van der Waals surface area (Å²) in [6.07, 6.45) is 0.306. The van der Waals surface area contributed by atoms with Crippen molar-refractivity contribution in [1.82, 2.24) is 10.2 Å². The van der Waals surface area contributed by atoms with E-state index in [1.54, 1.807) is 0 Å². The molecule has 114 valence electrons. The van der Waals surface area contributed by atoms with E-state index in [-0.39, 0.29) is 0 Å². The number of benzene rings is 1. The molecule has 0 amide bonds. The molecule has 1 fully saturated rings. The van der Waals surface area contributed by atoms with Gasteiger partial charge in [0.1, 0.15) is 11.3 Å². The topological polar surface area (TPSA) is 37.6 Å². The first-order chi connectivity index (χ1) is 10.3. The summed E-state index contributed by atoms with van der Waals surface area (Å²) >= 11 is 0. The largest absolute Gasteiger partial charge is 0.459 e. The van der Waals surface area contributed by atoms with Crippen LogP contribution in [-0.2, 0) is 17.8 Å². The summed E-state index contributed by atoms with van der Waals surface area (Å²) in [6, 6.07) is 8.31. The van der Waals surface area contributed by atoms with Gasteiger partial charge in [-0.25, -0.2) is 0 Å². The van der Waals surface area contributed by atoms with Crippen LogP contribution >= 0.6 is 0 Å². The molecule has 4 heteroatoms. The fourth-order valence-corrected chi connectivity index (χ4v) is 2.96. The smallest absolute Gasteiger partial charge is 0.134 e. The zero-order chi connectivity index (χ0) is 14.7. The molecule has 1 atom stereocenters. The third kappa shape index (κ3) is 3.28. The number of para-hydroxylation sites is 1. The highest BCUT2D eigenvalue weighted by atomic mass is 16.5. The molecule has 1 saturated heterocycles. The van der Waals surface area contributed by atoms with E-state index >= 15 is 0 Å². The predicted molar refractivity (Wildman–Crippen MR) is 84.3 cm³/mol. The summed E-state index contributed by atoms with van der Waals surface area (Å²) in [6.45, 7) is 9.71.